The fourth-order valence-corrected chi connectivity index (χ4v) is 12.5. The minimum Gasteiger partial charge on any atom is -0.480 e. The van der Waals surface area contributed by atoms with Gasteiger partial charge in [0.05, 0.1) is 24.5 Å². The topological polar surface area (TPSA) is 353 Å². The summed E-state index contributed by atoms with van der Waals surface area (Å²) in [6.45, 7) is 3.10. The molecule has 374 valence electrons. The number of aliphatic hydroxyl groups is 2. The summed E-state index contributed by atoms with van der Waals surface area (Å²) in [5.74, 6) is -5.25. The third-order valence-corrected chi connectivity index (χ3v) is 16.5. The Morgan fingerprint density at radius 3 is 2.47 bits per heavy atom. The molecular weight excluding hydrogens is 953 g/mol. The molecule has 2 aromatic heterocycles. The highest BCUT2D eigenvalue weighted by atomic mass is 33.1. The molecule has 2 saturated carbocycles. The number of nitrogens with one attached hydrogen (secondary N) is 4. The number of rotatable bonds is 20. The Hall–Kier alpha value is -6.37. The average Bonchev–Trinajstić information content (AvgIpc) is 3.59. The Balaban J connectivity index is 0.786. The van der Waals surface area contributed by atoms with Crippen LogP contribution in [-0.2, 0) is 40.0 Å². The van der Waals surface area contributed by atoms with E-state index in [0.717, 1.165) is 27.2 Å². The Labute approximate surface area is 407 Å². The summed E-state index contributed by atoms with van der Waals surface area (Å²) in [7, 11) is 2.19. The molecule has 0 spiro atoms. The second kappa shape index (κ2) is 21.3. The third kappa shape index (κ3) is 11.0. The van der Waals surface area contributed by atoms with Gasteiger partial charge >= 0.3 is 18.1 Å². The van der Waals surface area contributed by atoms with Gasteiger partial charge in [-0.05, 0) is 74.3 Å². The SMILES string of the molecule is CC12C=CC(=O)CC1=CCC1C2C(O)CC2(C)C1CCC2(O)C(=O)COC(=O)OCCSSCC(NC(=O)CCC(NC(=O)c1ccc(NCc2cnc3nc(N)[nH]c(=O)c3n2)cc1)C(=O)O)C(=O)O. The molecule has 1 aromatic carbocycles. The number of carbonyl (C=O) groups is 7. The number of nitrogen functional groups attached to an aromatic ring is 1. The molecular formula is C46H54N8O14S2. The number of aliphatic carboxylic acids is 2. The van der Waals surface area contributed by atoms with Gasteiger partial charge in [0.2, 0.25) is 17.6 Å². The van der Waals surface area contributed by atoms with Crippen LogP contribution in [0.5, 0.6) is 0 Å². The van der Waals surface area contributed by atoms with Crippen molar-refractivity contribution in [3.05, 3.63) is 75.9 Å². The second-order valence-electron chi connectivity index (χ2n) is 18.3. The molecule has 3 aromatic rings. The van der Waals surface area contributed by atoms with Gasteiger partial charge in [-0.1, -0.05) is 53.2 Å². The van der Waals surface area contributed by atoms with Gasteiger partial charge in [0.25, 0.3) is 11.5 Å². The van der Waals surface area contributed by atoms with Crippen LogP contribution in [0.4, 0.5) is 16.4 Å². The van der Waals surface area contributed by atoms with E-state index in [-0.39, 0.29) is 90.1 Å². The molecule has 4 aliphatic rings. The predicted molar refractivity (Wildman–Crippen MR) is 254 cm³/mol. The molecule has 9 atom stereocenters. The first-order valence-electron chi connectivity index (χ1n) is 22.5. The van der Waals surface area contributed by atoms with Crippen LogP contribution < -0.4 is 27.2 Å². The molecule has 2 heterocycles. The fourth-order valence-electron chi connectivity index (χ4n) is 10.5. The largest absolute Gasteiger partial charge is 0.508 e. The van der Waals surface area contributed by atoms with E-state index in [4.69, 9.17) is 15.2 Å². The Kier molecular flexibility index (Phi) is 15.7. The summed E-state index contributed by atoms with van der Waals surface area (Å²) >= 11 is 0. The fraction of sp³-hybridized carbons (Fsp3) is 0.500. The number of anilines is 2. The molecule has 0 radical (unpaired) electrons. The number of ether oxygens (including phenoxy) is 2. The summed E-state index contributed by atoms with van der Waals surface area (Å²) in [4.78, 5) is 114. The number of carboxylic acid groups (broad SMARTS) is 2. The van der Waals surface area contributed by atoms with E-state index in [2.05, 4.69) is 42.0 Å². The minimum atomic E-state index is -1.85. The van der Waals surface area contributed by atoms with E-state index >= 15 is 0 Å². The minimum absolute atomic E-state index is 0.0126. The average molecular weight is 1010 g/mol. The lowest BCUT2D eigenvalue weighted by Gasteiger charge is -2.58. The first-order chi connectivity index (χ1) is 33.2. The molecule has 22 nitrogen and oxygen atoms in total. The number of amides is 2. The number of hydrogen-bond acceptors (Lipinski definition) is 19. The molecule has 4 aliphatic carbocycles. The van der Waals surface area contributed by atoms with Gasteiger partial charge in [-0.2, -0.15) is 4.98 Å². The number of H-pyrrole nitrogens is 1. The molecule has 0 aliphatic heterocycles. The quantitative estimate of drug-likeness (QED) is 0.0340. The number of nitrogens with zero attached hydrogens (tertiary/aromatic N) is 3. The summed E-state index contributed by atoms with van der Waals surface area (Å²) in [5, 5.41) is 50.7. The monoisotopic (exact) mass is 1010 g/mol. The lowest BCUT2D eigenvalue weighted by atomic mass is 9.47. The van der Waals surface area contributed by atoms with Crippen molar-refractivity contribution < 1.29 is 63.5 Å². The van der Waals surface area contributed by atoms with Gasteiger partial charge in [-0.25, -0.2) is 24.4 Å². The summed E-state index contributed by atoms with van der Waals surface area (Å²) in [6, 6.07) is 3.18. The highest BCUT2D eigenvalue weighted by Gasteiger charge is 2.68. The lowest BCUT2D eigenvalue weighted by molar-refractivity contribution is -0.177. The van der Waals surface area contributed by atoms with Crippen molar-refractivity contribution in [3.8, 4) is 0 Å². The highest BCUT2D eigenvalue weighted by Crippen LogP contribution is 2.66. The number of carboxylic acids is 2. The number of fused-ring (bicyclic) bond motifs is 6. The second-order valence-corrected chi connectivity index (χ2v) is 20.9. The Morgan fingerprint density at radius 2 is 1.74 bits per heavy atom. The number of benzene rings is 1. The van der Waals surface area contributed by atoms with Crippen LogP contribution in [0.2, 0.25) is 0 Å². The maximum absolute atomic E-state index is 13.6. The molecule has 7 rings (SSSR count). The highest BCUT2D eigenvalue weighted by molar-refractivity contribution is 8.76. The van der Waals surface area contributed by atoms with Crippen LogP contribution >= 0.6 is 21.6 Å². The van der Waals surface area contributed by atoms with E-state index in [9.17, 15) is 58.8 Å². The third-order valence-electron chi connectivity index (χ3n) is 14.1. The van der Waals surface area contributed by atoms with Crippen LogP contribution in [0.3, 0.4) is 0 Å². The van der Waals surface area contributed by atoms with E-state index in [1.54, 1.807) is 18.2 Å². The molecule has 0 bridgehead atoms. The molecule has 2 amide bonds. The number of nitrogens with two attached hydrogens (primary N) is 1. The van der Waals surface area contributed by atoms with Crippen molar-refractivity contribution in [3.63, 3.8) is 0 Å². The molecule has 24 heteroatoms. The van der Waals surface area contributed by atoms with Crippen LogP contribution in [-0.4, -0.2) is 130 Å². The number of aromatic nitrogens is 4. The summed E-state index contributed by atoms with van der Waals surface area (Å²) in [6.07, 6.45) is 5.98. The van der Waals surface area contributed by atoms with Gasteiger partial charge in [-0.3, -0.25) is 29.0 Å². The van der Waals surface area contributed by atoms with E-state index in [1.807, 2.05) is 19.9 Å². The van der Waals surface area contributed by atoms with Crippen LogP contribution in [0.1, 0.15) is 74.8 Å². The number of carbonyl (C=O) groups excluding carboxylic acids is 5. The van der Waals surface area contributed by atoms with Crippen LogP contribution in [0.15, 0.2) is 59.1 Å². The summed E-state index contributed by atoms with van der Waals surface area (Å²) < 4.78 is 10.2. The molecule has 10 N–H and O–H groups in total. The number of aromatic amines is 1. The van der Waals surface area contributed by atoms with E-state index in [0.29, 0.717) is 30.6 Å². The van der Waals surface area contributed by atoms with E-state index in [1.165, 1.54) is 18.3 Å². The molecule has 2 fully saturated rings. The van der Waals surface area contributed by atoms with Crippen molar-refractivity contribution >= 4 is 85.9 Å². The normalized spacial score (nSPS) is 26.3. The Bertz CT molecular complexity index is 2680. The van der Waals surface area contributed by atoms with Gasteiger partial charge in [0, 0.05) is 52.3 Å². The van der Waals surface area contributed by atoms with Gasteiger partial charge < -0.3 is 51.6 Å². The number of allylic oxidation sites excluding steroid dienone is 4. The number of hydrogen-bond donors (Lipinski definition) is 9. The maximum Gasteiger partial charge on any atom is 0.508 e. The number of aliphatic hydroxyl groups excluding tert-OH is 1. The van der Waals surface area contributed by atoms with Crippen molar-refractivity contribution in [2.75, 3.05) is 35.8 Å². The first-order valence-corrected chi connectivity index (χ1v) is 25.0. The van der Waals surface area contributed by atoms with Crippen molar-refractivity contribution in [2.45, 2.75) is 89.1 Å². The van der Waals surface area contributed by atoms with Crippen LogP contribution in [0.25, 0.3) is 11.2 Å². The number of Topliss-reactive ketones (excluding diaryl/α,β-unsaturated/α-hetero) is 1. The van der Waals surface area contributed by atoms with Gasteiger partial charge in [-0.15, -0.1) is 0 Å². The number of ketones is 2. The van der Waals surface area contributed by atoms with Gasteiger partial charge in [0.15, 0.2) is 23.6 Å². The predicted octanol–water partition coefficient (Wildman–Crippen LogP) is 2.55. The van der Waals surface area contributed by atoms with Crippen LogP contribution in [0, 0.1) is 28.6 Å². The first kappa shape index (κ1) is 51.5. The molecule has 70 heavy (non-hydrogen) atoms. The molecule has 0 saturated heterocycles. The maximum atomic E-state index is 13.6. The van der Waals surface area contributed by atoms with Crippen molar-refractivity contribution in [1.82, 2.24) is 30.6 Å². The smallest absolute Gasteiger partial charge is 0.480 e. The lowest BCUT2D eigenvalue weighted by Crippen LogP contribution is -2.61. The zero-order chi connectivity index (χ0) is 50.5. The Morgan fingerprint density at radius 1 is 1.00 bits per heavy atom. The zero-order valence-corrected chi connectivity index (χ0v) is 39.8. The molecule has 9 unspecified atom stereocenters. The van der Waals surface area contributed by atoms with Crippen molar-refractivity contribution in [1.29, 1.82) is 0 Å². The zero-order valence-electron chi connectivity index (χ0n) is 38.2. The van der Waals surface area contributed by atoms with Crippen molar-refractivity contribution in [2.24, 2.45) is 28.6 Å². The van der Waals surface area contributed by atoms with Gasteiger partial charge in [0.1, 0.15) is 24.3 Å². The summed E-state index contributed by atoms with van der Waals surface area (Å²) in [5.41, 5.74) is 3.87. The standard InChI is InChI=1S/C46H54N8O14S2/c1-44-13-11-27(55)17-24(44)5-8-28-29-12-14-46(66,45(29,2)18-32(56)35(28)44)33(57)21-68-43(65)67-15-16-69-70-22-31(41(63)64)51-34(58)10-9-30(40(61)62)52-38(59)23-3-6-25(7-4-23)48-19-26-20-49-37-36(50-26)39(60)54-42(47)53-37/h3-7,11,13,20,28-32,35,48,56,66H,8-10,12,14-19,21-22H2,1-2H3,(H,51,58)(H,52,59)(H,61,62)(H,63,64)(H3,47,49,53,54,60). The van der Waals surface area contributed by atoms with E-state index < -0.39 is 88.9 Å².